The largest absolute Gasteiger partial charge is 0.595 e. The molecule has 1 aromatic rings. The van der Waals surface area contributed by atoms with Crippen LogP contribution in [-0.2, 0) is 0 Å². The topological polar surface area (TPSA) is 103 Å². The van der Waals surface area contributed by atoms with Gasteiger partial charge in [0.25, 0.3) is 5.69 Å². The van der Waals surface area contributed by atoms with Crippen molar-refractivity contribution < 1.29 is 15.4 Å². The first-order chi connectivity index (χ1) is 9.33. The van der Waals surface area contributed by atoms with Gasteiger partial charge in [0.1, 0.15) is 0 Å². The third-order valence-electron chi connectivity index (χ3n) is 3.57. The molecule has 112 valence electrons. The Bertz CT molecular complexity index is 499. The molecule has 1 unspecified atom stereocenters. The molecule has 0 spiro atoms. The van der Waals surface area contributed by atoms with Crippen LogP contribution >= 0.6 is 0 Å². The van der Waals surface area contributed by atoms with Gasteiger partial charge < -0.3 is 10.5 Å². The molecule has 20 heavy (non-hydrogen) atoms. The van der Waals surface area contributed by atoms with Crippen molar-refractivity contribution >= 4 is 17.1 Å². The predicted octanol–water partition coefficient (Wildman–Crippen LogP) is 2.22. The second-order valence-electron chi connectivity index (χ2n) is 4.81. The molecule has 0 aliphatic heterocycles. The fourth-order valence-corrected chi connectivity index (χ4v) is 2.15. The quantitative estimate of drug-likeness (QED) is 0.548. The molecule has 1 atom stereocenters. The van der Waals surface area contributed by atoms with Gasteiger partial charge in [-0.3, -0.25) is 10.1 Å². The highest BCUT2D eigenvalue weighted by molar-refractivity contribution is 5.77. The molecular weight excluding hydrogens is 262 g/mol. The summed E-state index contributed by atoms with van der Waals surface area (Å²) in [5, 5.41) is 33.9. The van der Waals surface area contributed by atoms with Crippen molar-refractivity contribution in [3.8, 4) is 0 Å². The van der Waals surface area contributed by atoms with Crippen LogP contribution in [0.15, 0.2) is 6.07 Å². The third kappa shape index (κ3) is 3.24. The van der Waals surface area contributed by atoms with E-state index in [-0.39, 0.29) is 23.1 Å². The summed E-state index contributed by atoms with van der Waals surface area (Å²) in [5.74, 6) is 0. The Balaban J connectivity index is 3.50. The van der Waals surface area contributed by atoms with Crippen LogP contribution in [0, 0.1) is 29.2 Å². The van der Waals surface area contributed by atoms with Crippen molar-refractivity contribution in [1.29, 1.82) is 0 Å². The van der Waals surface area contributed by atoms with Crippen molar-refractivity contribution in [2.45, 2.75) is 46.6 Å². The zero-order chi connectivity index (χ0) is 15.4. The minimum atomic E-state index is -1.15. The lowest BCUT2D eigenvalue weighted by atomic mass is 10.0. The van der Waals surface area contributed by atoms with Gasteiger partial charge >= 0.3 is 0 Å². The summed E-state index contributed by atoms with van der Waals surface area (Å²) in [6.45, 7) is 7.25. The van der Waals surface area contributed by atoms with E-state index in [0.717, 1.165) is 12.8 Å². The lowest BCUT2D eigenvalue weighted by Gasteiger charge is -2.23. The SMILES string of the molecule is CCC(CC)Nc1c([N+](=O)[O-])cc(C)c(C)c1[NH+]([O-])O. The first-order valence-electron chi connectivity index (χ1n) is 6.61. The Morgan fingerprint density at radius 2 is 1.95 bits per heavy atom. The van der Waals surface area contributed by atoms with Gasteiger partial charge in [-0.2, -0.15) is 5.23 Å². The number of benzene rings is 1. The highest BCUT2D eigenvalue weighted by Crippen LogP contribution is 2.36. The lowest BCUT2D eigenvalue weighted by molar-refractivity contribution is -0.991. The van der Waals surface area contributed by atoms with Gasteiger partial charge in [0.05, 0.1) is 4.92 Å². The first-order valence-corrected chi connectivity index (χ1v) is 6.61. The fourth-order valence-electron chi connectivity index (χ4n) is 2.15. The number of nitrogens with one attached hydrogen (secondary N) is 2. The standard InChI is InChI=1S/C13H21N3O4/c1-5-10(6-2)14-12-11(15(17)18)7-8(3)9(4)13(12)16(19)20/h7,10,14,16,19H,5-6H2,1-4H3. The lowest BCUT2D eigenvalue weighted by Crippen LogP contribution is -2.99. The normalized spacial score (nSPS) is 12.6. The number of quaternary nitrogens is 1. The maximum Gasteiger partial charge on any atom is 0.298 e. The zero-order valence-electron chi connectivity index (χ0n) is 12.2. The van der Waals surface area contributed by atoms with Gasteiger partial charge in [-0.15, -0.1) is 0 Å². The molecule has 0 aliphatic rings. The highest BCUT2D eigenvalue weighted by Gasteiger charge is 2.27. The molecular formula is C13H21N3O4. The molecule has 0 fully saturated rings. The van der Waals surface area contributed by atoms with Crippen molar-refractivity contribution in [2.24, 2.45) is 0 Å². The van der Waals surface area contributed by atoms with Crippen LogP contribution in [0.1, 0.15) is 37.8 Å². The fraction of sp³-hybridized carbons (Fsp3) is 0.538. The van der Waals surface area contributed by atoms with E-state index in [0.29, 0.717) is 11.1 Å². The average Bonchev–Trinajstić information content (AvgIpc) is 2.38. The van der Waals surface area contributed by atoms with E-state index in [4.69, 9.17) is 0 Å². The Morgan fingerprint density at radius 1 is 1.40 bits per heavy atom. The second kappa shape index (κ2) is 6.65. The number of aryl methyl sites for hydroxylation is 1. The average molecular weight is 283 g/mol. The first kappa shape index (κ1) is 16.4. The summed E-state index contributed by atoms with van der Waals surface area (Å²) in [7, 11) is 0. The summed E-state index contributed by atoms with van der Waals surface area (Å²) in [6, 6.07) is 1.43. The van der Waals surface area contributed by atoms with Gasteiger partial charge in [0.15, 0.2) is 11.4 Å². The van der Waals surface area contributed by atoms with Crippen molar-refractivity contribution in [2.75, 3.05) is 5.32 Å². The van der Waals surface area contributed by atoms with Gasteiger partial charge in [0.2, 0.25) is 0 Å². The van der Waals surface area contributed by atoms with Gasteiger partial charge in [-0.25, -0.2) is 5.21 Å². The number of rotatable bonds is 6. The van der Waals surface area contributed by atoms with Crippen molar-refractivity contribution in [3.05, 3.63) is 32.5 Å². The molecule has 0 aliphatic carbocycles. The predicted molar refractivity (Wildman–Crippen MR) is 76.3 cm³/mol. The third-order valence-corrected chi connectivity index (χ3v) is 3.57. The minimum Gasteiger partial charge on any atom is -0.595 e. The van der Waals surface area contributed by atoms with Crippen LogP contribution in [0.25, 0.3) is 0 Å². The van der Waals surface area contributed by atoms with Gasteiger partial charge in [-0.1, -0.05) is 13.8 Å². The smallest absolute Gasteiger partial charge is 0.298 e. The van der Waals surface area contributed by atoms with E-state index in [1.807, 2.05) is 13.8 Å². The van der Waals surface area contributed by atoms with E-state index in [9.17, 15) is 20.5 Å². The number of hydrogen-bond donors (Lipinski definition) is 3. The molecule has 0 radical (unpaired) electrons. The van der Waals surface area contributed by atoms with Crippen LogP contribution in [0.3, 0.4) is 0 Å². The van der Waals surface area contributed by atoms with E-state index >= 15 is 0 Å². The van der Waals surface area contributed by atoms with Gasteiger partial charge in [0, 0.05) is 17.7 Å². The molecule has 1 rings (SSSR count). The Labute approximate surface area is 117 Å². The van der Waals surface area contributed by atoms with E-state index in [1.54, 1.807) is 13.8 Å². The highest BCUT2D eigenvalue weighted by atomic mass is 16.8. The molecule has 7 heteroatoms. The number of nitro groups is 1. The Hall–Kier alpha value is -1.70. The molecule has 0 aromatic heterocycles. The van der Waals surface area contributed by atoms with Crippen LogP contribution in [0.2, 0.25) is 0 Å². The van der Waals surface area contributed by atoms with E-state index in [1.165, 1.54) is 6.07 Å². The Kier molecular flexibility index (Phi) is 5.43. The summed E-state index contributed by atoms with van der Waals surface area (Å²) in [4.78, 5) is 10.7. The van der Waals surface area contributed by atoms with Crippen LogP contribution in [0.5, 0.6) is 0 Å². The summed E-state index contributed by atoms with van der Waals surface area (Å²) in [5.41, 5.74) is 1.07. The van der Waals surface area contributed by atoms with Crippen molar-refractivity contribution in [3.63, 3.8) is 0 Å². The monoisotopic (exact) mass is 283 g/mol. The summed E-state index contributed by atoms with van der Waals surface area (Å²) in [6.07, 6.45) is 1.53. The number of nitro benzene ring substituents is 1. The molecule has 0 amide bonds. The summed E-state index contributed by atoms with van der Waals surface area (Å²) < 4.78 is 0. The molecule has 0 bridgehead atoms. The van der Waals surface area contributed by atoms with E-state index < -0.39 is 10.1 Å². The molecule has 0 saturated heterocycles. The van der Waals surface area contributed by atoms with Gasteiger partial charge in [-0.05, 0) is 32.3 Å². The van der Waals surface area contributed by atoms with Crippen molar-refractivity contribution in [1.82, 2.24) is 0 Å². The zero-order valence-corrected chi connectivity index (χ0v) is 12.2. The Morgan fingerprint density at radius 3 is 2.35 bits per heavy atom. The minimum absolute atomic E-state index is 0.00825. The maximum atomic E-state index is 11.5. The molecule has 3 N–H and O–H groups in total. The van der Waals surface area contributed by atoms with Crippen LogP contribution in [0.4, 0.5) is 17.1 Å². The number of anilines is 1. The molecule has 0 heterocycles. The number of hydrogen-bond acceptors (Lipinski definition) is 5. The molecule has 1 aromatic carbocycles. The van der Waals surface area contributed by atoms with Crippen LogP contribution < -0.4 is 10.5 Å². The maximum absolute atomic E-state index is 11.5. The molecule has 7 nitrogen and oxygen atoms in total. The second-order valence-corrected chi connectivity index (χ2v) is 4.81. The summed E-state index contributed by atoms with van der Waals surface area (Å²) >= 11 is 0. The molecule has 0 saturated carbocycles. The number of nitrogens with zero attached hydrogens (tertiary/aromatic N) is 1. The van der Waals surface area contributed by atoms with Crippen LogP contribution in [-0.4, -0.2) is 16.2 Å². The van der Waals surface area contributed by atoms with E-state index in [2.05, 4.69) is 5.32 Å².